The third-order valence-corrected chi connectivity index (χ3v) is 6.16. The van der Waals surface area contributed by atoms with E-state index < -0.39 is 0 Å². The highest BCUT2D eigenvalue weighted by molar-refractivity contribution is 6.08. The van der Waals surface area contributed by atoms with Crippen molar-refractivity contribution in [2.45, 2.75) is 26.3 Å². The number of halogens is 1. The number of nitrogens with one attached hydrogen (secondary N) is 3. The molecule has 210 valence electrons. The molecule has 5 N–H and O–H groups in total. The Balaban J connectivity index is 1.26. The smallest absolute Gasteiger partial charge is 0.320 e. The number of hydroxylamine groups is 2. The molecule has 1 amide bonds. The lowest BCUT2D eigenvalue weighted by Gasteiger charge is -2.27. The van der Waals surface area contributed by atoms with Gasteiger partial charge in [0.25, 0.3) is 0 Å². The lowest BCUT2D eigenvalue weighted by molar-refractivity contribution is -0.393. The van der Waals surface area contributed by atoms with Gasteiger partial charge in [-0.25, -0.2) is 0 Å². The van der Waals surface area contributed by atoms with E-state index in [1.165, 1.54) is 11.3 Å². The van der Waals surface area contributed by atoms with Crippen molar-refractivity contribution in [3.05, 3.63) is 41.6 Å². The number of hydrazine groups is 1. The van der Waals surface area contributed by atoms with Gasteiger partial charge in [0.05, 0.1) is 19.7 Å². The topological polar surface area (TPSA) is 148 Å². The average molecular weight is 543 g/mol. The fraction of sp³-hybridized carbons (Fsp3) is 0.440. The number of fused-ring (bicyclic) bond motifs is 1. The zero-order chi connectivity index (χ0) is 27.8. The lowest BCUT2D eigenvalue weighted by atomic mass is 10.1. The van der Waals surface area contributed by atoms with Gasteiger partial charge in [0, 0.05) is 51.2 Å². The van der Waals surface area contributed by atoms with E-state index in [-0.39, 0.29) is 42.0 Å². The number of unbranched alkanes of at least 4 members (excludes halogenated alkanes) is 1. The van der Waals surface area contributed by atoms with Crippen molar-refractivity contribution in [2.24, 2.45) is 0 Å². The summed E-state index contributed by atoms with van der Waals surface area (Å²) in [6.07, 6.45) is 4.70. The molecule has 4 rings (SSSR count). The first-order valence-electron chi connectivity index (χ1n) is 12.9. The van der Waals surface area contributed by atoms with E-state index >= 15 is 0 Å². The van der Waals surface area contributed by atoms with Gasteiger partial charge >= 0.3 is 6.01 Å². The molecule has 39 heavy (non-hydrogen) atoms. The number of anilines is 3. The normalized spacial score (nSPS) is 14.9. The molecule has 14 heteroatoms. The van der Waals surface area contributed by atoms with Gasteiger partial charge in [0.1, 0.15) is 5.39 Å². The van der Waals surface area contributed by atoms with Crippen LogP contribution in [0.2, 0.25) is 0 Å². The molecular formula is C25H35FN10O3. The van der Waals surface area contributed by atoms with Crippen LogP contribution in [0, 0.1) is 5.41 Å². The summed E-state index contributed by atoms with van der Waals surface area (Å²) >= 11 is 0. The number of nitrogen functional groups attached to an aromatic ring is 1. The molecule has 0 spiro atoms. The summed E-state index contributed by atoms with van der Waals surface area (Å²) in [6.45, 7) is 5.94. The van der Waals surface area contributed by atoms with E-state index in [2.05, 4.69) is 20.6 Å². The van der Waals surface area contributed by atoms with Crippen molar-refractivity contribution in [3.63, 3.8) is 0 Å². The van der Waals surface area contributed by atoms with Crippen LogP contribution in [0.15, 0.2) is 30.5 Å². The summed E-state index contributed by atoms with van der Waals surface area (Å²) in [5.41, 5.74) is 8.52. The number of allylic oxidation sites excluding steroid dienone is 1. The van der Waals surface area contributed by atoms with Crippen molar-refractivity contribution in [1.82, 2.24) is 36.0 Å². The molecule has 2 aliphatic heterocycles. The van der Waals surface area contributed by atoms with Crippen molar-refractivity contribution in [3.8, 4) is 6.01 Å². The number of carbonyl (C=O) groups is 1. The number of hydrogen-bond acceptors (Lipinski definition) is 12. The Labute approximate surface area is 226 Å². The quantitative estimate of drug-likeness (QED) is 0.0910. The molecule has 0 atom stereocenters. The first-order chi connectivity index (χ1) is 18.9. The molecule has 1 aromatic heterocycles. The maximum atomic E-state index is 14.7. The number of carbonyl (C=O) groups excluding carboxylic acids is 1. The predicted molar refractivity (Wildman–Crippen MR) is 145 cm³/mol. The molecule has 0 radical (unpaired) electrons. The molecule has 2 aromatic rings. The van der Waals surface area contributed by atoms with E-state index in [4.69, 9.17) is 20.8 Å². The van der Waals surface area contributed by atoms with Gasteiger partial charge in [-0.1, -0.05) is 42.1 Å². The van der Waals surface area contributed by atoms with Crippen molar-refractivity contribution in [1.29, 1.82) is 5.41 Å². The number of hydrogen-bond donors (Lipinski definition) is 4. The number of piperazine rings is 1. The van der Waals surface area contributed by atoms with E-state index in [0.29, 0.717) is 31.0 Å². The van der Waals surface area contributed by atoms with Gasteiger partial charge < -0.3 is 31.4 Å². The number of rotatable bonds is 14. The average Bonchev–Trinajstić information content (AvgIpc) is 3.67. The highest BCUT2D eigenvalue weighted by Gasteiger charge is 2.43. The number of ether oxygens (including phenoxy) is 1. The summed E-state index contributed by atoms with van der Waals surface area (Å²) in [6, 6.07) is 7.52. The van der Waals surface area contributed by atoms with Crippen LogP contribution in [0.3, 0.4) is 0 Å². The summed E-state index contributed by atoms with van der Waals surface area (Å²) in [5.74, 6) is 0.413. The van der Waals surface area contributed by atoms with E-state index in [0.717, 1.165) is 42.1 Å². The van der Waals surface area contributed by atoms with Crippen LogP contribution >= 0.6 is 0 Å². The third kappa shape index (κ3) is 7.38. The van der Waals surface area contributed by atoms with Gasteiger partial charge in [-0.05, 0) is 17.5 Å². The van der Waals surface area contributed by atoms with Gasteiger partial charge in [-0.15, -0.1) is 0 Å². The number of nitrogens with two attached hydrogens (primary N) is 1. The molecule has 0 bridgehead atoms. The Kier molecular flexibility index (Phi) is 9.59. The molecule has 3 heterocycles. The van der Waals surface area contributed by atoms with Gasteiger partial charge in [0.2, 0.25) is 5.91 Å². The Morgan fingerprint density at radius 1 is 1.28 bits per heavy atom. The zero-order valence-corrected chi connectivity index (χ0v) is 22.2. The Morgan fingerprint density at radius 2 is 2.03 bits per heavy atom. The number of nitrogens with zero attached hydrogens (tertiary/aromatic N) is 6. The predicted octanol–water partition coefficient (Wildman–Crippen LogP) is 1.78. The maximum absolute atomic E-state index is 14.7. The first kappa shape index (κ1) is 28.2. The molecule has 0 aliphatic carbocycles. The van der Waals surface area contributed by atoms with E-state index in [9.17, 15) is 9.28 Å². The minimum Gasteiger partial charge on any atom is -0.463 e. The lowest BCUT2D eigenvalue weighted by Crippen LogP contribution is -2.48. The molecular weight excluding hydrogens is 507 g/mol. The molecule has 1 fully saturated rings. The van der Waals surface area contributed by atoms with Gasteiger partial charge in [-0.2, -0.15) is 25.0 Å². The van der Waals surface area contributed by atoms with Crippen LogP contribution in [0.25, 0.3) is 5.57 Å². The fourth-order valence-electron chi connectivity index (χ4n) is 3.99. The highest BCUT2D eigenvalue weighted by atomic mass is 19.2. The second-order valence-electron chi connectivity index (χ2n) is 9.12. The van der Waals surface area contributed by atoms with Crippen molar-refractivity contribution < 1.29 is 19.0 Å². The number of benzene rings is 1. The van der Waals surface area contributed by atoms with Crippen LogP contribution in [-0.4, -0.2) is 83.8 Å². The van der Waals surface area contributed by atoms with Crippen LogP contribution in [0.5, 0.6) is 6.01 Å². The Bertz CT molecular complexity index is 1170. The monoisotopic (exact) mass is 542 g/mol. The van der Waals surface area contributed by atoms with Crippen molar-refractivity contribution in [2.75, 3.05) is 57.1 Å². The first-order valence-corrected chi connectivity index (χ1v) is 12.9. The van der Waals surface area contributed by atoms with Gasteiger partial charge in [-0.3, -0.25) is 4.79 Å². The second kappa shape index (κ2) is 13.3. The molecule has 2 aliphatic rings. The Morgan fingerprint density at radius 3 is 2.72 bits per heavy atom. The summed E-state index contributed by atoms with van der Waals surface area (Å²) < 4.78 is 20.2. The summed E-state index contributed by atoms with van der Waals surface area (Å²) in [4.78, 5) is 27.6. The molecule has 0 saturated carbocycles. The molecule has 13 nitrogen and oxygen atoms in total. The van der Waals surface area contributed by atoms with E-state index in [1.54, 1.807) is 13.2 Å². The summed E-state index contributed by atoms with van der Waals surface area (Å²) in [5, 5.41) is 16.4. The van der Waals surface area contributed by atoms with Gasteiger partial charge in [0.15, 0.2) is 17.3 Å². The summed E-state index contributed by atoms with van der Waals surface area (Å²) in [7, 11) is 1.59. The largest absolute Gasteiger partial charge is 0.463 e. The maximum Gasteiger partial charge on any atom is 0.320 e. The highest BCUT2D eigenvalue weighted by Crippen LogP contribution is 2.51. The van der Waals surface area contributed by atoms with Crippen LogP contribution in [0.4, 0.5) is 21.8 Å². The zero-order valence-electron chi connectivity index (χ0n) is 22.2. The minimum atomic E-state index is 0.0264. The van der Waals surface area contributed by atoms with Crippen LogP contribution < -0.4 is 26.1 Å². The van der Waals surface area contributed by atoms with Crippen LogP contribution in [-0.2, 0) is 16.3 Å². The molecule has 1 saturated heterocycles. The molecule has 1 aromatic carbocycles. The standard InChI is InChI=1S/C25H35FN10O3/c1-3-4-13-38-25-31-23(28)22-24(32-25)35(22)36(26)39-33(2)17-18-5-7-19(8-6-18)20(14-27)15-30-16-21(37)34-11-9-29-10-12-34/h5-8,14-15,27,29-30H,3-4,9-13,16-17H2,1-2H3,(H2,28,31,32)/b20-15+,27-14?. The van der Waals surface area contributed by atoms with Crippen LogP contribution in [0.1, 0.15) is 30.9 Å². The molecule has 0 unspecified atom stereocenters. The number of aromatic nitrogens is 2. The van der Waals surface area contributed by atoms with E-state index in [1.807, 2.05) is 36.1 Å². The second-order valence-corrected chi connectivity index (χ2v) is 9.12. The Hall–Kier alpha value is -3.85. The minimum absolute atomic E-state index is 0.0264. The van der Waals surface area contributed by atoms with Crippen molar-refractivity contribution >= 4 is 35.0 Å². The third-order valence-electron chi connectivity index (χ3n) is 6.16. The fourth-order valence-corrected chi connectivity index (χ4v) is 3.99. The number of amides is 1. The SMILES string of the molecule is CCCCOc1nc(N)c2c(n1)N2N(F)ON(C)Cc1ccc(/C(C=N)=C/NCC(=O)N2CCNCC2)cc1.